The molecule has 3 aromatic carbocycles. The van der Waals surface area contributed by atoms with E-state index in [2.05, 4.69) is 5.32 Å². The predicted octanol–water partition coefficient (Wildman–Crippen LogP) is 4.97. The molecule has 30 heavy (non-hydrogen) atoms. The quantitative estimate of drug-likeness (QED) is 0.633. The van der Waals surface area contributed by atoms with Gasteiger partial charge in [0.15, 0.2) is 0 Å². The first kappa shape index (κ1) is 19.6. The highest BCUT2D eigenvalue weighted by Crippen LogP contribution is 2.31. The van der Waals surface area contributed by atoms with Crippen LogP contribution in [-0.4, -0.2) is 17.7 Å². The van der Waals surface area contributed by atoms with Gasteiger partial charge in [-0.3, -0.25) is 14.4 Å². The topological polar surface area (TPSA) is 66.5 Å². The Balaban J connectivity index is 1.67. The van der Waals surface area contributed by atoms with Gasteiger partial charge in [-0.05, 0) is 68.7 Å². The number of nitrogens with one attached hydrogen (secondary N) is 1. The van der Waals surface area contributed by atoms with E-state index in [-0.39, 0.29) is 17.4 Å². The highest BCUT2D eigenvalue weighted by molar-refractivity contribution is 6.35. The van der Waals surface area contributed by atoms with E-state index in [1.165, 1.54) is 11.0 Å². The Labute approximate surface area is 175 Å². The maximum Gasteiger partial charge on any atom is 0.266 e. The van der Waals surface area contributed by atoms with Crippen molar-refractivity contribution in [3.05, 3.63) is 93.5 Å². The van der Waals surface area contributed by atoms with Crippen LogP contribution in [0, 0.1) is 27.7 Å². The van der Waals surface area contributed by atoms with Crippen LogP contribution in [0.15, 0.2) is 54.6 Å². The molecule has 0 aromatic heterocycles. The Morgan fingerprint density at radius 1 is 0.767 bits per heavy atom. The van der Waals surface area contributed by atoms with Crippen molar-refractivity contribution in [1.29, 1.82) is 0 Å². The average molecular weight is 398 g/mol. The number of hydrogen-bond donors (Lipinski definition) is 1. The third-order valence-corrected chi connectivity index (χ3v) is 5.42. The van der Waals surface area contributed by atoms with Gasteiger partial charge in [-0.1, -0.05) is 35.9 Å². The molecule has 5 heteroatoms. The van der Waals surface area contributed by atoms with Crippen LogP contribution in [0.4, 0.5) is 11.4 Å². The van der Waals surface area contributed by atoms with Crippen LogP contribution in [0.1, 0.15) is 53.3 Å². The van der Waals surface area contributed by atoms with Gasteiger partial charge in [0, 0.05) is 11.3 Å². The van der Waals surface area contributed by atoms with Crippen LogP contribution < -0.4 is 10.2 Å². The standard InChI is InChI=1S/C25H22N2O3/c1-14-11-16(3)22(17(4)12-14)26-23(28)18-9-10-19-20(13-18)25(30)27(24(19)29)21-8-6-5-7-15(21)2/h5-13H,1-4H3,(H,26,28). The van der Waals surface area contributed by atoms with Gasteiger partial charge in [-0.2, -0.15) is 0 Å². The van der Waals surface area contributed by atoms with E-state index in [9.17, 15) is 14.4 Å². The van der Waals surface area contributed by atoms with Gasteiger partial charge >= 0.3 is 0 Å². The predicted molar refractivity (Wildman–Crippen MR) is 117 cm³/mol. The van der Waals surface area contributed by atoms with E-state index in [4.69, 9.17) is 0 Å². The lowest BCUT2D eigenvalue weighted by molar-refractivity contribution is 0.0925. The zero-order valence-corrected chi connectivity index (χ0v) is 17.4. The molecule has 150 valence electrons. The molecular formula is C25H22N2O3. The summed E-state index contributed by atoms with van der Waals surface area (Å²) in [6, 6.07) is 15.9. The van der Waals surface area contributed by atoms with Gasteiger partial charge in [-0.15, -0.1) is 0 Å². The minimum atomic E-state index is -0.415. The lowest BCUT2D eigenvalue weighted by atomic mass is 10.0. The Hall–Kier alpha value is -3.73. The fraction of sp³-hybridized carbons (Fsp3) is 0.160. The summed E-state index contributed by atoms with van der Waals surface area (Å²) in [6.45, 7) is 7.75. The van der Waals surface area contributed by atoms with Crippen molar-refractivity contribution in [3.63, 3.8) is 0 Å². The number of para-hydroxylation sites is 1. The number of benzene rings is 3. The molecule has 0 fully saturated rings. The number of fused-ring (bicyclic) bond motifs is 1. The van der Waals surface area contributed by atoms with Crippen LogP contribution in [0.3, 0.4) is 0 Å². The maximum absolute atomic E-state index is 13.0. The van der Waals surface area contributed by atoms with Gasteiger partial charge in [0.2, 0.25) is 0 Å². The Kier molecular flexibility index (Phi) is 4.74. The van der Waals surface area contributed by atoms with Crippen molar-refractivity contribution < 1.29 is 14.4 Å². The van der Waals surface area contributed by atoms with E-state index in [1.807, 2.05) is 52.0 Å². The van der Waals surface area contributed by atoms with Crippen molar-refractivity contribution in [2.24, 2.45) is 0 Å². The minimum Gasteiger partial charge on any atom is -0.322 e. The van der Waals surface area contributed by atoms with E-state index >= 15 is 0 Å². The monoisotopic (exact) mass is 398 g/mol. The normalized spacial score (nSPS) is 12.9. The zero-order valence-electron chi connectivity index (χ0n) is 17.4. The third kappa shape index (κ3) is 3.18. The molecule has 0 saturated carbocycles. The van der Waals surface area contributed by atoms with Crippen molar-refractivity contribution in [2.75, 3.05) is 10.2 Å². The average Bonchev–Trinajstić information content (AvgIpc) is 2.95. The number of carbonyl (C=O) groups is 3. The molecule has 4 rings (SSSR count). The van der Waals surface area contributed by atoms with Crippen LogP contribution in [0.25, 0.3) is 0 Å². The van der Waals surface area contributed by atoms with Gasteiger partial charge in [0.1, 0.15) is 0 Å². The molecule has 0 aliphatic carbocycles. The summed E-state index contributed by atoms with van der Waals surface area (Å²) in [4.78, 5) is 39.9. The Morgan fingerprint density at radius 2 is 1.40 bits per heavy atom. The second kappa shape index (κ2) is 7.26. The van der Waals surface area contributed by atoms with Gasteiger partial charge in [0.25, 0.3) is 17.7 Å². The second-order valence-electron chi connectivity index (χ2n) is 7.72. The highest BCUT2D eigenvalue weighted by atomic mass is 16.2. The Bertz CT molecular complexity index is 1200. The fourth-order valence-corrected chi connectivity index (χ4v) is 3.98. The Morgan fingerprint density at radius 3 is 2.07 bits per heavy atom. The van der Waals surface area contributed by atoms with Crippen molar-refractivity contribution in [3.8, 4) is 0 Å². The lowest BCUT2D eigenvalue weighted by Crippen LogP contribution is -2.29. The van der Waals surface area contributed by atoms with E-state index < -0.39 is 5.91 Å². The van der Waals surface area contributed by atoms with Crippen molar-refractivity contribution >= 4 is 29.1 Å². The second-order valence-corrected chi connectivity index (χ2v) is 7.72. The number of amides is 3. The molecule has 0 unspecified atom stereocenters. The van der Waals surface area contributed by atoms with Crippen molar-refractivity contribution in [1.82, 2.24) is 0 Å². The minimum absolute atomic E-state index is 0.244. The first-order chi connectivity index (χ1) is 14.3. The van der Waals surface area contributed by atoms with E-state index in [1.54, 1.807) is 24.3 Å². The van der Waals surface area contributed by atoms with Gasteiger partial charge in [0.05, 0.1) is 16.8 Å². The maximum atomic E-state index is 13.0. The summed E-state index contributed by atoms with van der Waals surface area (Å²) in [5, 5.41) is 2.94. The molecule has 3 aromatic rings. The largest absolute Gasteiger partial charge is 0.322 e. The lowest BCUT2D eigenvalue weighted by Gasteiger charge is -2.16. The number of aryl methyl sites for hydroxylation is 4. The molecular weight excluding hydrogens is 376 g/mol. The van der Waals surface area contributed by atoms with Crippen molar-refractivity contribution in [2.45, 2.75) is 27.7 Å². The molecule has 0 radical (unpaired) electrons. The highest BCUT2D eigenvalue weighted by Gasteiger charge is 2.37. The molecule has 1 aliphatic heterocycles. The molecule has 3 amide bonds. The van der Waals surface area contributed by atoms with Crippen LogP contribution in [-0.2, 0) is 0 Å². The molecule has 5 nitrogen and oxygen atoms in total. The number of carbonyl (C=O) groups excluding carboxylic acids is 3. The number of imide groups is 1. The summed E-state index contributed by atoms with van der Waals surface area (Å²) >= 11 is 0. The number of rotatable bonds is 3. The molecule has 1 heterocycles. The SMILES string of the molecule is Cc1cc(C)c(NC(=O)c2ccc3c(c2)C(=O)N(c2ccccc2C)C3=O)c(C)c1. The van der Waals surface area contributed by atoms with Crippen LogP contribution in [0.5, 0.6) is 0 Å². The number of nitrogens with zero attached hydrogens (tertiary/aromatic N) is 1. The summed E-state index contributed by atoms with van der Waals surface area (Å²) in [5.74, 6) is -1.11. The van der Waals surface area contributed by atoms with E-state index in [0.717, 1.165) is 27.9 Å². The summed E-state index contributed by atoms with van der Waals surface area (Å²) in [6.07, 6.45) is 0. The van der Waals surface area contributed by atoms with Gasteiger partial charge in [-0.25, -0.2) is 4.90 Å². The number of hydrogen-bond acceptors (Lipinski definition) is 3. The molecule has 0 bridgehead atoms. The first-order valence-corrected chi connectivity index (χ1v) is 9.75. The van der Waals surface area contributed by atoms with Crippen LogP contribution in [0.2, 0.25) is 0 Å². The molecule has 0 atom stereocenters. The molecule has 1 N–H and O–H groups in total. The number of anilines is 2. The molecule has 1 aliphatic rings. The molecule has 0 saturated heterocycles. The van der Waals surface area contributed by atoms with Gasteiger partial charge < -0.3 is 5.32 Å². The first-order valence-electron chi connectivity index (χ1n) is 9.75. The third-order valence-electron chi connectivity index (χ3n) is 5.42. The van der Waals surface area contributed by atoms with Crippen LogP contribution >= 0.6 is 0 Å². The fourth-order valence-electron chi connectivity index (χ4n) is 3.98. The summed E-state index contributed by atoms with van der Waals surface area (Å²) in [5.41, 5.74) is 6.10. The zero-order chi connectivity index (χ0) is 21.6. The summed E-state index contributed by atoms with van der Waals surface area (Å²) in [7, 11) is 0. The smallest absolute Gasteiger partial charge is 0.266 e. The van der Waals surface area contributed by atoms with E-state index in [0.29, 0.717) is 16.8 Å². The molecule has 0 spiro atoms. The summed E-state index contributed by atoms with van der Waals surface area (Å²) < 4.78 is 0.